The SMILES string of the molecule is CC/C=C/C(C)C/C(C)=C/C(C)CC=O. The molecule has 2 unspecified atom stereocenters. The van der Waals surface area contributed by atoms with Crippen molar-refractivity contribution in [2.24, 2.45) is 11.8 Å². The molecule has 0 saturated carbocycles. The molecule has 0 saturated heterocycles. The normalized spacial score (nSPS) is 16.7. The zero-order valence-corrected chi connectivity index (χ0v) is 10.5. The number of allylic oxidation sites excluding steroid dienone is 4. The van der Waals surface area contributed by atoms with Gasteiger partial charge in [0.2, 0.25) is 0 Å². The lowest BCUT2D eigenvalue weighted by molar-refractivity contribution is -0.108. The lowest BCUT2D eigenvalue weighted by Crippen LogP contribution is -1.95. The van der Waals surface area contributed by atoms with E-state index in [1.165, 1.54) is 5.57 Å². The molecule has 0 aliphatic carbocycles. The van der Waals surface area contributed by atoms with E-state index in [2.05, 4.69) is 45.9 Å². The quantitative estimate of drug-likeness (QED) is 0.454. The van der Waals surface area contributed by atoms with E-state index >= 15 is 0 Å². The molecule has 0 heterocycles. The zero-order valence-electron chi connectivity index (χ0n) is 10.5. The van der Waals surface area contributed by atoms with Crippen LogP contribution in [0, 0.1) is 11.8 Å². The highest BCUT2D eigenvalue weighted by Crippen LogP contribution is 2.15. The third-order valence-corrected chi connectivity index (χ3v) is 2.38. The molecule has 15 heavy (non-hydrogen) atoms. The van der Waals surface area contributed by atoms with Gasteiger partial charge in [-0.15, -0.1) is 0 Å². The second-order valence-electron chi connectivity index (χ2n) is 4.41. The van der Waals surface area contributed by atoms with Gasteiger partial charge in [0.15, 0.2) is 0 Å². The molecular weight excluding hydrogens is 184 g/mol. The number of hydrogen-bond donors (Lipinski definition) is 0. The predicted molar refractivity (Wildman–Crippen MR) is 66.8 cm³/mol. The highest BCUT2D eigenvalue weighted by atomic mass is 16.1. The van der Waals surface area contributed by atoms with Crippen LogP contribution in [-0.2, 0) is 4.79 Å². The first-order valence-electron chi connectivity index (χ1n) is 5.87. The number of rotatable bonds is 7. The first-order chi connectivity index (χ1) is 7.10. The summed E-state index contributed by atoms with van der Waals surface area (Å²) in [7, 11) is 0. The van der Waals surface area contributed by atoms with E-state index in [-0.39, 0.29) is 0 Å². The molecule has 2 atom stereocenters. The maximum absolute atomic E-state index is 10.3. The van der Waals surface area contributed by atoms with Crippen LogP contribution in [0.15, 0.2) is 23.8 Å². The van der Waals surface area contributed by atoms with Crippen molar-refractivity contribution in [1.29, 1.82) is 0 Å². The molecule has 0 bridgehead atoms. The van der Waals surface area contributed by atoms with Gasteiger partial charge in [-0.25, -0.2) is 0 Å². The predicted octanol–water partition coefficient (Wildman–Crippen LogP) is 4.15. The van der Waals surface area contributed by atoms with Crippen LogP contribution in [0.2, 0.25) is 0 Å². The van der Waals surface area contributed by atoms with Crippen molar-refractivity contribution in [3.05, 3.63) is 23.8 Å². The zero-order chi connectivity index (χ0) is 11.7. The van der Waals surface area contributed by atoms with E-state index in [4.69, 9.17) is 0 Å². The second-order valence-corrected chi connectivity index (χ2v) is 4.41. The van der Waals surface area contributed by atoms with Gasteiger partial charge in [0.1, 0.15) is 6.29 Å². The van der Waals surface area contributed by atoms with Crippen LogP contribution in [0.5, 0.6) is 0 Å². The Bertz CT molecular complexity index is 225. The number of carbonyl (C=O) groups excluding carboxylic acids is 1. The minimum Gasteiger partial charge on any atom is -0.303 e. The molecule has 1 heteroatoms. The van der Waals surface area contributed by atoms with Crippen molar-refractivity contribution in [2.75, 3.05) is 0 Å². The van der Waals surface area contributed by atoms with Gasteiger partial charge < -0.3 is 4.79 Å². The van der Waals surface area contributed by atoms with Crippen molar-refractivity contribution in [3.63, 3.8) is 0 Å². The molecule has 0 spiro atoms. The summed E-state index contributed by atoms with van der Waals surface area (Å²) >= 11 is 0. The molecule has 0 aliphatic heterocycles. The molecule has 0 aromatic rings. The number of carbonyl (C=O) groups is 1. The van der Waals surface area contributed by atoms with Crippen LogP contribution in [0.4, 0.5) is 0 Å². The smallest absolute Gasteiger partial charge is 0.120 e. The Morgan fingerprint density at radius 3 is 2.47 bits per heavy atom. The van der Waals surface area contributed by atoms with Gasteiger partial charge in [-0.3, -0.25) is 0 Å². The molecule has 1 nitrogen and oxygen atoms in total. The Labute approximate surface area is 94.3 Å². The molecule has 0 aliphatic rings. The fraction of sp³-hybridized carbons (Fsp3) is 0.643. The van der Waals surface area contributed by atoms with Gasteiger partial charge in [-0.2, -0.15) is 0 Å². The van der Waals surface area contributed by atoms with E-state index in [1.54, 1.807) is 0 Å². The Morgan fingerprint density at radius 1 is 1.27 bits per heavy atom. The van der Waals surface area contributed by atoms with Crippen LogP contribution in [0.3, 0.4) is 0 Å². The Hall–Kier alpha value is -0.850. The van der Waals surface area contributed by atoms with Gasteiger partial charge in [0.25, 0.3) is 0 Å². The van der Waals surface area contributed by atoms with Crippen LogP contribution in [0.25, 0.3) is 0 Å². The highest BCUT2D eigenvalue weighted by molar-refractivity contribution is 5.50. The van der Waals surface area contributed by atoms with E-state index in [0.717, 1.165) is 19.1 Å². The fourth-order valence-electron chi connectivity index (χ4n) is 1.72. The Balaban J connectivity index is 4.04. The highest BCUT2D eigenvalue weighted by Gasteiger charge is 2.01. The van der Waals surface area contributed by atoms with E-state index < -0.39 is 0 Å². The van der Waals surface area contributed by atoms with Gasteiger partial charge in [0.05, 0.1) is 0 Å². The summed E-state index contributed by atoms with van der Waals surface area (Å²) in [5, 5.41) is 0. The van der Waals surface area contributed by atoms with Gasteiger partial charge in [0, 0.05) is 6.42 Å². The molecule has 0 aromatic carbocycles. The van der Waals surface area contributed by atoms with Crippen molar-refractivity contribution >= 4 is 6.29 Å². The average molecular weight is 208 g/mol. The summed E-state index contributed by atoms with van der Waals surface area (Å²) < 4.78 is 0. The molecule has 86 valence electrons. The monoisotopic (exact) mass is 208 g/mol. The Kier molecular flexibility index (Phi) is 7.98. The third kappa shape index (κ3) is 8.17. The minimum atomic E-state index is 0.379. The molecule has 0 aromatic heterocycles. The topological polar surface area (TPSA) is 17.1 Å². The average Bonchev–Trinajstić information content (AvgIpc) is 2.14. The van der Waals surface area contributed by atoms with E-state index in [9.17, 15) is 4.79 Å². The fourth-order valence-corrected chi connectivity index (χ4v) is 1.72. The molecule has 0 fully saturated rings. The van der Waals surface area contributed by atoms with Crippen LogP contribution in [-0.4, -0.2) is 6.29 Å². The van der Waals surface area contributed by atoms with Gasteiger partial charge in [-0.05, 0) is 31.6 Å². The summed E-state index contributed by atoms with van der Waals surface area (Å²) in [6, 6.07) is 0. The minimum absolute atomic E-state index is 0.379. The summed E-state index contributed by atoms with van der Waals surface area (Å²) in [4.78, 5) is 10.3. The summed E-state index contributed by atoms with van der Waals surface area (Å²) in [5.41, 5.74) is 1.39. The van der Waals surface area contributed by atoms with E-state index in [1.807, 2.05) is 0 Å². The maximum atomic E-state index is 10.3. The lowest BCUT2D eigenvalue weighted by Gasteiger charge is -2.08. The summed E-state index contributed by atoms with van der Waals surface area (Å²) in [5.74, 6) is 0.981. The van der Waals surface area contributed by atoms with Gasteiger partial charge >= 0.3 is 0 Å². The number of aldehydes is 1. The molecule has 0 N–H and O–H groups in total. The molecule has 0 amide bonds. The standard InChI is InChI=1S/C14H24O/c1-5-6-7-12(2)10-14(4)11-13(3)8-9-15/h6-7,9,11-13H,5,8,10H2,1-4H3/b7-6+,14-11+. The van der Waals surface area contributed by atoms with Crippen LogP contribution >= 0.6 is 0 Å². The lowest BCUT2D eigenvalue weighted by atomic mass is 9.97. The van der Waals surface area contributed by atoms with Gasteiger partial charge in [-0.1, -0.05) is 44.6 Å². The number of hydrogen-bond acceptors (Lipinski definition) is 1. The largest absolute Gasteiger partial charge is 0.303 e. The molecule has 0 radical (unpaired) electrons. The maximum Gasteiger partial charge on any atom is 0.120 e. The van der Waals surface area contributed by atoms with Crippen molar-refractivity contribution < 1.29 is 4.79 Å². The third-order valence-electron chi connectivity index (χ3n) is 2.38. The van der Waals surface area contributed by atoms with Crippen molar-refractivity contribution in [1.82, 2.24) is 0 Å². The first kappa shape index (κ1) is 14.2. The summed E-state index contributed by atoms with van der Waals surface area (Å²) in [6.07, 6.45) is 10.5. The summed E-state index contributed by atoms with van der Waals surface area (Å²) in [6.45, 7) is 8.62. The second kappa shape index (κ2) is 8.46. The molecule has 0 rings (SSSR count). The van der Waals surface area contributed by atoms with Crippen LogP contribution < -0.4 is 0 Å². The molecular formula is C14H24O. The first-order valence-corrected chi connectivity index (χ1v) is 5.87. The Morgan fingerprint density at radius 2 is 1.93 bits per heavy atom. The van der Waals surface area contributed by atoms with Crippen molar-refractivity contribution in [3.8, 4) is 0 Å². The van der Waals surface area contributed by atoms with Crippen LogP contribution in [0.1, 0.15) is 47.0 Å². The van der Waals surface area contributed by atoms with E-state index in [0.29, 0.717) is 18.3 Å². The van der Waals surface area contributed by atoms with Crippen molar-refractivity contribution in [2.45, 2.75) is 47.0 Å².